The summed E-state index contributed by atoms with van der Waals surface area (Å²) >= 11 is 3.37. The molecule has 0 amide bonds. The third kappa shape index (κ3) is 1.74. The zero-order valence-electron chi connectivity index (χ0n) is 8.76. The van der Waals surface area contributed by atoms with Crippen LogP contribution in [0.1, 0.15) is 27.7 Å². The predicted octanol–water partition coefficient (Wildman–Crippen LogP) is 3.10. The summed E-state index contributed by atoms with van der Waals surface area (Å²) in [6.07, 6.45) is 1.29. The number of hydrogen-bond donors (Lipinski definition) is 0. The van der Waals surface area contributed by atoms with E-state index < -0.39 is 0 Å². The lowest BCUT2D eigenvalue weighted by molar-refractivity contribution is 0.0452. The number of esters is 1. The molecule has 0 saturated heterocycles. The van der Waals surface area contributed by atoms with Gasteiger partial charge in [-0.3, -0.25) is 4.98 Å². The molecule has 0 saturated carbocycles. The van der Waals surface area contributed by atoms with Crippen LogP contribution >= 0.6 is 15.9 Å². The van der Waals surface area contributed by atoms with E-state index in [4.69, 9.17) is 4.74 Å². The smallest absolute Gasteiger partial charge is 0.341 e. The van der Waals surface area contributed by atoms with E-state index in [1.807, 2.05) is 24.3 Å². The molecule has 3 rings (SSSR count). The number of carbonyl (C=O) groups excluding carboxylic acids is 1. The number of hydrogen-bond acceptors (Lipinski definition) is 3. The number of aromatic nitrogens is 1. The highest BCUT2D eigenvalue weighted by Gasteiger charge is 2.33. The van der Waals surface area contributed by atoms with Gasteiger partial charge in [0.05, 0.1) is 5.56 Å². The van der Waals surface area contributed by atoms with Gasteiger partial charge < -0.3 is 4.74 Å². The van der Waals surface area contributed by atoms with Gasteiger partial charge in [0.15, 0.2) is 6.10 Å². The Kier molecular flexibility index (Phi) is 2.44. The summed E-state index contributed by atoms with van der Waals surface area (Å²) in [4.78, 5) is 15.9. The van der Waals surface area contributed by atoms with Crippen LogP contribution in [-0.4, -0.2) is 11.0 Å². The topological polar surface area (TPSA) is 39.2 Å². The third-order valence-electron chi connectivity index (χ3n) is 2.70. The van der Waals surface area contributed by atoms with Gasteiger partial charge in [-0.15, -0.1) is 0 Å². The summed E-state index contributed by atoms with van der Waals surface area (Å²) in [6, 6.07) is 11.2. The number of nitrogens with zero attached hydrogens (tertiary/aromatic N) is 1. The standard InChI is InChI=1S/C13H8BrNO2/c14-9-5-3-8(4-6-9)12-11-10(13(16)17-12)2-1-7-15-11/h1-7,12H/t12-/m1/s1. The summed E-state index contributed by atoms with van der Waals surface area (Å²) < 4.78 is 6.33. The molecule has 0 radical (unpaired) electrons. The fourth-order valence-electron chi connectivity index (χ4n) is 1.89. The van der Waals surface area contributed by atoms with Crippen molar-refractivity contribution >= 4 is 21.9 Å². The first-order valence-corrected chi connectivity index (χ1v) is 5.96. The van der Waals surface area contributed by atoms with E-state index >= 15 is 0 Å². The maximum atomic E-state index is 11.6. The minimum Gasteiger partial charge on any atom is -0.447 e. The monoisotopic (exact) mass is 289 g/mol. The molecule has 1 aliphatic heterocycles. The summed E-state index contributed by atoms with van der Waals surface area (Å²) in [5.41, 5.74) is 2.18. The van der Waals surface area contributed by atoms with E-state index in [1.165, 1.54) is 0 Å². The Morgan fingerprint density at radius 3 is 2.71 bits per heavy atom. The van der Waals surface area contributed by atoms with E-state index in [1.54, 1.807) is 18.3 Å². The van der Waals surface area contributed by atoms with E-state index in [-0.39, 0.29) is 12.1 Å². The van der Waals surface area contributed by atoms with Crippen molar-refractivity contribution in [3.05, 3.63) is 63.9 Å². The average Bonchev–Trinajstić information content (AvgIpc) is 2.69. The molecule has 0 bridgehead atoms. The normalized spacial score (nSPS) is 17.7. The minimum atomic E-state index is -0.383. The lowest BCUT2D eigenvalue weighted by Gasteiger charge is -2.09. The summed E-state index contributed by atoms with van der Waals surface area (Å²) in [5, 5.41) is 0. The molecule has 3 nitrogen and oxygen atoms in total. The Morgan fingerprint density at radius 2 is 1.94 bits per heavy atom. The Balaban J connectivity index is 2.07. The molecule has 84 valence electrons. The van der Waals surface area contributed by atoms with Crippen LogP contribution in [0.5, 0.6) is 0 Å². The highest BCUT2D eigenvalue weighted by atomic mass is 79.9. The highest BCUT2D eigenvalue weighted by molar-refractivity contribution is 9.10. The Morgan fingerprint density at radius 1 is 1.18 bits per heavy atom. The second-order valence-electron chi connectivity index (χ2n) is 3.77. The SMILES string of the molecule is O=C1O[C@H](c2ccc(Br)cc2)c2ncccc21. The van der Waals surface area contributed by atoms with Gasteiger partial charge in [0, 0.05) is 10.7 Å². The van der Waals surface area contributed by atoms with Crippen molar-refractivity contribution in [2.24, 2.45) is 0 Å². The van der Waals surface area contributed by atoms with Gasteiger partial charge in [0.2, 0.25) is 0 Å². The molecule has 0 N–H and O–H groups in total. The third-order valence-corrected chi connectivity index (χ3v) is 3.23. The first-order valence-electron chi connectivity index (χ1n) is 5.17. The largest absolute Gasteiger partial charge is 0.447 e. The highest BCUT2D eigenvalue weighted by Crippen LogP contribution is 2.34. The van der Waals surface area contributed by atoms with Crippen LogP contribution < -0.4 is 0 Å². The van der Waals surface area contributed by atoms with Crippen LogP contribution in [0.15, 0.2) is 47.1 Å². The van der Waals surface area contributed by atoms with E-state index in [2.05, 4.69) is 20.9 Å². The average molecular weight is 290 g/mol. The molecule has 1 aliphatic rings. The molecular formula is C13H8BrNO2. The number of pyridine rings is 1. The molecule has 1 atom stereocenters. The minimum absolute atomic E-state index is 0.305. The molecule has 0 unspecified atom stereocenters. The number of carbonyl (C=O) groups is 1. The molecule has 1 aromatic heterocycles. The quantitative estimate of drug-likeness (QED) is 0.758. The summed E-state index contributed by atoms with van der Waals surface area (Å²) in [5.74, 6) is -0.305. The van der Waals surface area contributed by atoms with Crippen LogP contribution in [0.2, 0.25) is 0 Å². The molecule has 0 spiro atoms. The molecule has 17 heavy (non-hydrogen) atoms. The van der Waals surface area contributed by atoms with Crippen molar-refractivity contribution in [3.8, 4) is 0 Å². The number of halogens is 1. The maximum Gasteiger partial charge on any atom is 0.341 e. The molecule has 1 aromatic carbocycles. The first kappa shape index (κ1) is 10.5. The van der Waals surface area contributed by atoms with Crippen LogP contribution in [0.3, 0.4) is 0 Å². The van der Waals surface area contributed by atoms with Crippen LogP contribution in [0, 0.1) is 0 Å². The van der Waals surface area contributed by atoms with Crippen molar-refractivity contribution < 1.29 is 9.53 Å². The van der Waals surface area contributed by atoms with Crippen molar-refractivity contribution in [3.63, 3.8) is 0 Å². The molecule has 4 heteroatoms. The molecule has 2 heterocycles. The van der Waals surface area contributed by atoms with Crippen molar-refractivity contribution in [1.29, 1.82) is 0 Å². The van der Waals surface area contributed by atoms with Gasteiger partial charge >= 0.3 is 5.97 Å². The molecule has 2 aromatic rings. The fourth-order valence-corrected chi connectivity index (χ4v) is 2.15. The number of fused-ring (bicyclic) bond motifs is 1. The van der Waals surface area contributed by atoms with Gasteiger partial charge in [-0.2, -0.15) is 0 Å². The lowest BCUT2D eigenvalue weighted by atomic mass is 10.0. The van der Waals surface area contributed by atoms with Crippen molar-refractivity contribution in [1.82, 2.24) is 4.98 Å². The fraction of sp³-hybridized carbons (Fsp3) is 0.0769. The number of benzene rings is 1. The zero-order chi connectivity index (χ0) is 11.8. The maximum absolute atomic E-state index is 11.6. The lowest BCUT2D eigenvalue weighted by Crippen LogP contribution is -2.01. The van der Waals surface area contributed by atoms with Crippen LogP contribution in [0.4, 0.5) is 0 Å². The Hall–Kier alpha value is -1.68. The van der Waals surface area contributed by atoms with Crippen molar-refractivity contribution in [2.45, 2.75) is 6.10 Å². The zero-order valence-corrected chi connectivity index (χ0v) is 10.3. The molecular weight excluding hydrogens is 282 g/mol. The van der Waals surface area contributed by atoms with E-state index in [9.17, 15) is 4.79 Å². The van der Waals surface area contributed by atoms with Gasteiger partial charge in [0.1, 0.15) is 5.69 Å². The van der Waals surface area contributed by atoms with E-state index in [0.29, 0.717) is 11.3 Å². The van der Waals surface area contributed by atoms with Gasteiger partial charge in [0.25, 0.3) is 0 Å². The number of ether oxygens (including phenoxy) is 1. The summed E-state index contributed by atoms with van der Waals surface area (Å²) in [7, 11) is 0. The van der Waals surface area contributed by atoms with Crippen molar-refractivity contribution in [2.75, 3.05) is 0 Å². The second-order valence-corrected chi connectivity index (χ2v) is 4.69. The van der Waals surface area contributed by atoms with Gasteiger partial charge in [-0.1, -0.05) is 28.1 Å². The Labute approximate surface area is 107 Å². The van der Waals surface area contributed by atoms with Gasteiger partial charge in [-0.25, -0.2) is 4.79 Å². The molecule has 0 fully saturated rings. The summed E-state index contributed by atoms with van der Waals surface area (Å²) in [6.45, 7) is 0. The van der Waals surface area contributed by atoms with E-state index in [0.717, 1.165) is 10.0 Å². The number of cyclic esters (lactones) is 1. The van der Waals surface area contributed by atoms with Gasteiger partial charge in [-0.05, 0) is 29.8 Å². The van der Waals surface area contributed by atoms with Crippen LogP contribution in [0.25, 0.3) is 0 Å². The number of rotatable bonds is 1. The predicted molar refractivity (Wildman–Crippen MR) is 65.6 cm³/mol. The molecule has 0 aliphatic carbocycles. The second kappa shape index (κ2) is 3.96. The first-order chi connectivity index (χ1) is 8.25. The Bertz CT molecular complexity index is 580. The van der Waals surface area contributed by atoms with Crippen LogP contribution in [-0.2, 0) is 4.74 Å².